The number of nitrogens with one attached hydrogen (secondary N) is 2. The van der Waals surface area contributed by atoms with Gasteiger partial charge >= 0.3 is 6.03 Å². The van der Waals surface area contributed by atoms with E-state index < -0.39 is 5.54 Å². The average Bonchev–Trinajstić information content (AvgIpc) is 2.87. The molecule has 0 radical (unpaired) electrons. The topological polar surface area (TPSA) is 61.4 Å². The smallest absolute Gasteiger partial charge is 0.322 e. The van der Waals surface area contributed by atoms with Crippen LogP contribution in [0.1, 0.15) is 33.1 Å². The molecule has 96 valence electrons. The molecular formula is C12H21N3O2. The minimum atomic E-state index is -0.650. The zero-order chi connectivity index (χ0) is 12.5. The number of urea groups is 1. The summed E-state index contributed by atoms with van der Waals surface area (Å²) in [5, 5.41) is 6.00. The Bertz CT molecular complexity index is 320. The van der Waals surface area contributed by atoms with E-state index >= 15 is 0 Å². The lowest BCUT2D eigenvalue weighted by atomic mass is 9.98. The molecule has 0 aromatic rings. The van der Waals surface area contributed by atoms with Crippen molar-refractivity contribution in [3.8, 4) is 0 Å². The highest BCUT2D eigenvalue weighted by atomic mass is 16.2. The van der Waals surface area contributed by atoms with Crippen molar-refractivity contribution in [2.45, 2.75) is 38.6 Å². The lowest BCUT2D eigenvalue weighted by molar-refractivity contribution is -0.131. The zero-order valence-corrected chi connectivity index (χ0v) is 10.6. The fourth-order valence-corrected chi connectivity index (χ4v) is 2.63. The summed E-state index contributed by atoms with van der Waals surface area (Å²) in [4.78, 5) is 25.6. The third-order valence-electron chi connectivity index (χ3n) is 4.00. The van der Waals surface area contributed by atoms with E-state index in [0.717, 1.165) is 19.4 Å². The Labute approximate surface area is 102 Å². The van der Waals surface area contributed by atoms with Gasteiger partial charge in [0.05, 0.1) is 0 Å². The van der Waals surface area contributed by atoms with Gasteiger partial charge in [0.1, 0.15) is 5.54 Å². The second-order valence-electron chi connectivity index (χ2n) is 5.04. The van der Waals surface area contributed by atoms with Crippen LogP contribution in [0.25, 0.3) is 0 Å². The molecule has 2 aliphatic rings. The van der Waals surface area contributed by atoms with Crippen molar-refractivity contribution in [2.75, 3.05) is 19.6 Å². The van der Waals surface area contributed by atoms with E-state index in [1.807, 2.05) is 0 Å². The molecule has 17 heavy (non-hydrogen) atoms. The standard InChI is InChI=1S/C12H21N3O2/c1-3-9(4-2)7-15-10(16)12(14-11(15)17)5-6-13-8-12/h9,13H,3-8H2,1-2H3,(H,14,17). The van der Waals surface area contributed by atoms with Gasteiger partial charge in [-0.2, -0.15) is 0 Å². The van der Waals surface area contributed by atoms with Crippen LogP contribution in [-0.4, -0.2) is 42.0 Å². The van der Waals surface area contributed by atoms with E-state index in [1.54, 1.807) is 0 Å². The van der Waals surface area contributed by atoms with Crippen molar-refractivity contribution < 1.29 is 9.59 Å². The molecule has 5 heteroatoms. The van der Waals surface area contributed by atoms with E-state index in [9.17, 15) is 9.59 Å². The summed E-state index contributed by atoms with van der Waals surface area (Å²) in [6.07, 6.45) is 2.70. The molecule has 1 spiro atoms. The summed E-state index contributed by atoms with van der Waals surface area (Å²) >= 11 is 0. The van der Waals surface area contributed by atoms with Crippen molar-refractivity contribution in [3.05, 3.63) is 0 Å². The first-order valence-electron chi connectivity index (χ1n) is 6.47. The van der Waals surface area contributed by atoms with Crippen molar-refractivity contribution in [1.29, 1.82) is 0 Å². The minimum absolute atomic E-state index is 0.0422. The summed E-state index contributed by atoms with van der Waals surface area (Å²) in [7, 11) is 0. The first-order chi connectivity index (χ1) is 8.13. The molecule has 1 atom stereocenters. The van der Waals surface area contributed by atoms with E-state index in [2.05, 4.69) is 24.5 Å². The van der Waals surface area contributed by atoms with Crippen LogP contribution in [0.5, 0.6) is 0 Å². The lowest BCUT2D eigenvalue weighted by Crippen LogP contribution is -2.48. The highest BCUT2D eigenvalue weighted by molar-refractivity contribution is 6.07. The number of imide groups is 1. The Morgan fingerprint density at radius 3 is 2.59 bits per heavy atom. The normalized spacial score (nSPS) is 28.5. The monoisotopic (exact) mass is 239 g/mol. The molecule has 5 nitrogen and oxygen atoms in total. The number of nitrogens with zero attached hydrogens (tertiary/aromatic N) is 1. The van der Waals surface area contributed by atoms with Crippen LogP contribution in [0.3, 0.4) is 0 Å². The molecule has 2 N–H and O–H groups in total. The lowest BCUT2D eigenvalue weighted by Gasteiger charge is -2.21. The SMILES string of the molecule is CCC(CC)CN1C(=O)NC2(CCNC2)C1=O. The average molecular weight is 239 g/mol. The predicted molar refractivity (Wildman–Crippen MR) is 64.5 cm³/mol. The predicted octanol–water partition coefficient (Wildman–Crippen LogP) is 0.707. The van der Waals surface area contributed by atoms with Gasteiger partial charge in [-0.25, -0.2) is 4.79 Å². The fraction of sp³-hybridized carbons (Fsp3) is 0.833. The summed E-state index contributed by atoms with van der Waals surface area (Å²) in [5.41, 5.74) is -0.650. The first-order valence-corrected chi connectivity index (χ1v) is 6.47. The van der Waals surface area contributed by atoms with Crippen molar-refractivity contribution in [3.63, 3.8) is 0 Å². The highest BCUT2D eigenvalue weighted by Gasteiger charge is 2.52. The quantitative estimate of drug-likeness (QED) is 0.710. The van der Waals surface area contributed by atoms with Gasteiger partial charge in [-0.05, 0) is 18.9 Å². The summed E-state index contributed by atoms with van der Waals surface area (Å²) in [6, 6.07) is -0.217. The van der Waals surface area contributed by atoms with Gasteiger partial charge in [-0.3, -0.25) is 9.69 Å². The molecule has 2 fully saturated rings. The van der Waals surface area contributed by atoms with E-state index in [-0.39, 0.29) is 11.9 Å². The maximum absolute atomic E-state index is 12.3. The van der Waals surface area contributed by atoms with Crippen LogP contribution in [0.15, 0.2) is 0 Å². The zero-order valence-electron chi connectivity index (χ0n) is 10.6. The third kappa shape index (κ3) is 2.04. The van der Waals surface area contributed by atoms with Crippen molar-refractivity contribution in [2.24, 2.45) is 5.92 Å². The molecule has 2 rings (SSSR count). The molecule has 0 saturated carbocycles. The number of amides is 3. The number of rotatable bonds is 4. The minimum Gasteiger partial charge on any atom is -0.322 e. The van der Waals surface area contributed by atoms with Crippen LogP contribution >= 0.6 is 0 Å². The first kappa shape index (κ1) is 12.4. The molecule has 0 aromatic heterocycles. The molecule has 0 bridgehead atoms. The Morgan fingerprint density at radius 1 is 1.35 bits per heavy atom. The number of carbonyl (C=O) groups is 2. The van der Waals surface area contributed by atoms with Crippen molar-refractivity contribution >= 4 is 11.9 Å². The van der Waals surface area contributed by atoms with Gasteiger partial charge in [0.2, 0.25) is 0 Å². The molecule has 1 unspecified atom stereocenters. The second-order valence-corrected chi connectivity index (χ2v) is 5.04. The molecule has 2 heterocycles. The van der Waals surface area contributed by atoms with E-state index in [4.69, 9.17) is 0 Å². The molecule has 2 saturated heterocycles. The Morgan fingerprint density at radius 2 is 2.06 bits per heavy atom. The molecule has 0 aromatic carbocycles. The molecule has 2 aliphatic heterocycles. The maximum Gasteiger partial charge on any atom is 0.325 e. The van der Waals surface area contributed by atoms with Gasteiger partial charge in [-0.15, -0.1) is 0 Å². The highest BCUT2D eigenvalue weighted by Crippen LogP contribution is 2.25. The summed E-state index contributed by atoms with van der Waals surface area (Å²) in [5.74, 6) is 0.369. The Hall–Kier alpha value is -1.10. The van der Waals surface area contributed by atoms with Gasteiger partial charge in [0.15, 0.2) is 0 Å². The number of hydrogen-bond acceptors (Lipinski definition) is 3. The van der Waals surface area contributed by atoms with Gasteiger partial charge in [0, 0.05) is 13.1 Å². The summed E-state index contributed by atoms with van der Waals surface area (Å²) in [6.45, 7) is 6.11. The van der Waals surface area contributed by atoms with Crippen LogP contribution < -0.4 is 10.6 Å². The fourth-order valence-electron chi connectivity index (χ4n) is 2.63. The maximum atomic E-state index is 12.3. The molecular weight excluding hydrogens is 218 g/mol. The van der Waals surface area contributed by atoms with E-state index in [1.165, 1.54) is 4.90 Å². The van der Waals surface area contributed by atoms with Crippen LogP contribution in [-0.2, 0) is 4.79 Å². The van der Waals surface area contributed by atoms with Gasteiger partial charge in [-0.1, -0.05) is 26.7 Å². The van der Waals surface area contributed by atoms with Crippen molar-refractivity contribution in [1.82, 2.24) is 15.5 Å². The summed E-state index contributed by atoms with van der Waals surface area (Å²) < 4.78 is 0. The van der Waals surface area contributed by atoms with Crippen LogP contribution in [0.4, 0.5) is 4.79 Å². The largest absolute Gasteiger partial charge is 0.325 e. The van der Waals surface area contributed by atoms with E-state index in [0.29, 0.717) is 25.4 Å². The third-order valence-corrected chi connectivity index (χ3v) is 4.00. The van der Waals surface area contributed by atoms with Crippen LogP contribution in [0.2, 0.25) is 0 Å². The molecule has 0 aliphatic carbocycles. The second kappa shape index (κ2) is 4.64. The number of hydrogen-bond donors (Lipinski definition) is 2. The Kier molecular flexibility index (Phi) is 3.38. The van der Waals surface area contributed by atoms with Crippen LogP contribution in [0, 0.1) is 5.92 Å². The molecule has 3 amide bonds. The number of carbonyl (C=O) groups excluding carboxylic acids is 2. The van der Waals surface area contributed by atoms with Gasteiger partial charge < -0.3 is 10.6 Å². The van der Waals surface area contributed by atoms with Gasteiger partial charge in [0.25, 0.3) is 5.91 Å². The Balaban J connectivity index is 2.08.